The van der Waals surface area contributed by atoms with Crippen LogP contribution in [0.2, 0.25) is 5.02 Å². The second kappa shape index (κ2) is 9.53. The van der Waals surface area contributed by atoms with Crippen LogP contribution in [0.4, 0.5) is 5.69 Å². The van der Waals surface area contributed by atoms with Crippen molar-refractivity contribution in [2.45, 2.75) is 9.75 Å². The molecule has 1 fully saturated rings. The monoisotopic (exact) mass is 614 g/mol. The normalized spacial score (nSPS) is 25.1. The molecule has 8 rings (SSSR count). The number of carbonyl (C=O) groups excluding carboxylic acids is 4. The molecule has 1 heterocycles. The molecule has 0 spiro atoms. The van der Waals surface area contributed by atoms with E-state index in [1.807, 2.05) is 48.5 Å². The number of anilines is 1. The van der Waals surface area contributed by atoms with Gasteiger partial charge < -0.3 is 5.32 Å². The zero-order valence-corrected chi connectivity index (χ0v) is 24.1. The van der Waals surface area contributed by atoms with E-state index in [-0.39, 0.29) is 17.0 Å². The van der Waals surface area contributed by atoms with Gasteiger partial charge in [0.1, 0.15) is 16.3 Å². The highest BCUT2D eigenvalue weighted by Gasteiger charge is 2.73. The number of nitrogens with one attached hydrogen (secondary N) is 1. The zero-order chi connectivity index (χ0) is 29.4. The number of benzene rings is 4. The summed E-state index contributed by atoms with van der Waals surface area (Å²) in [7, 11) is 0. The van der Waals surface area contributed by atoms with E-state index in [9.17, 15) is 19.2 Å². The lowest BCUT2D eigenvalue weighted by Crippen LogP contribution is -2.57. The number of imide groups is 1. The van der Waals surface area contributed by atoms with Gasteiger partial charge in [-0.05, 0) is 40.5 Å². The van der Waals surface area contributed by atoms with Crippen molar-refractivity contribution in [1.29, 1.82) is 0 Å². The van der Waals surface area contributed by atoms with E-state index in [1.54, 1.807) is 36.4 Å². The van der Waals surface area contributed by atoms with Crippen LogP contribution in [0, 0.1) is 11.8 Å². The molecule has 3 amide bonds. The smallest absolute Gasteiger partial charge is 0.244 e. The fourth-order valence-electron chi connectivity index (χ4n) is 6.77. The molecule has 4 aliphatic rings. The fraction of sp³-hybridized carbons (Fsp3) is 0.152. The van der Waals surface area contributed by atoms with Gasteiger partial charge in [-0.3, -0.25) is 24.1 Å². The Balaban J connectivity index is 1.23. The number of alkyl halides is 2. The van der Waals surface area contributed by atoms with E-state index in [0.29, 0.717) is 32.8 Å². The second-order valence-electron chi connectivity index (χ2n) is 10.7. The van der Waals surface area contributed by atoms with Crippen molar-refractivity contribution in [3.05, 3.63) is 135 Å². The van der Waals surface area contributed by atoms with E-state index < -0.39 is 45.9 Å². The van der Waals surface area contributed by atoms with E-state index >= 15 is 0 Å². The summed E-state index contributed by atoms with van der Waals surface area (Å²) < 4.78 is 0. The van der Waals surface area contributed by atoms with Gasteiger partial charge in [-0.15, -0.1) is 23.2 Å². The topological polar surface area (TPSA) is 83.6 Å². The number of hydrogen-bond donors (Lipinski definition) is 1. The van der Waals surface area contributed by atoms with E-state index in [2.05, 4.69) is 5.32 Å². The number of ketones is 1. The number of halogens is 3. The third-order valence-electron chi connectivity index (χ3n) is 8.51. The largest absolute Gasteiger partial charge is 0.324 e. The summed E-state index contributed by atoms with van der Waals surface area (Å²) in [5.74, 6) is -4.15. The van der Waals surface area contributed by atoms with E-state index in [4.69, 9.17) is 34.8 Å². The van der Waals surface area contributed by atoms with Gasteiger partial charge in [0.2, 0.25) is 17.7 Å². The molecule has 1 N–H and O–H groups in total. The standard InChI is InChI=1S/C33H21Cl3N2O4/c34-19-14-15-25(20(16-19)29(40)18-8-2-1-3-9-18)37-26(39)17-38-30(41)27-28(31(38)42)33(36)22-11-5-4-10-21(22)32(27,35)23-12-6-7-13-24(23)33/h1-16,27-28H,17H2,(H,37,39)/t27-,28+,32?,33?. The van der Waals surface area contributed by atoms with Crippen LogP contribution in [0.15, 0.2) is 97.1 Å². The highest BCUT2D eigenvalue weighted by atomic mass is 35.5. The van der Waals surface area contributed by atoms with Crippen molar-refractivity contribution in [3.63, 3.8) is 0 Å². The first kappa shape index (κ1) is 26.9. The number of nitrogens with zero attached hydrogens (tertiary/aromatic N) is 1. The first-order valence-electron chi connectivity index (χ1n) is 13.3. The summed E-state index contributed by atoms with van der Waals surface area (Å²) in [5.41, 5.74) is 3.52. The van der Waals surface area contributed by atoms with Crippen LogP contribution in [0.25, 0.3) is 0 Å². The molecule has 0 unspecified atom stereocenters. The molecule has 1 aliphatic heterocycles. The Morgan fingerprint density at radius 1 is 0.714 bits per heavy atom. The minimum absolute atomic E-state index is 0.179. The molecule has 4 aromatic carbocycles. The molecular weight excluding hydrogens is 595 g/mol. The maximum absolute atomic E-state index is 14.0. The molecule has 42 heavy (non-hydrogen) atoms. The SMILES string of the molecule is O=C(CN1C(=O)[C@@H]2[C@H](C1=O)C1(Cl)c3ccccc3C2(Cl)c2ccccc21)Nc1ccc(Cl)cc1C(=O)c1ccccc1. The number of hydrogen-bond acceptors (Lipinski definition) is 4. The Morgan fingerprint density at radius 2 is 1.19 bits per heavy atom. The quantitative estimate of drug-likeness (QED) is 0.167. The molecule has 3 aliphatic carbocycles. The van der Waals surface area contributed by atoms with Crippen molar-refractivity contribution < 1.29 is 19.2 Å². The van der Waals surface area contributed by atoms with Crippen LogP contribution < -0.4 is 5.32 Å². The van der Waals surface area contributed by atoms with E-state index in [1.165, 1.54) is 12.1 Å². The first-order chi connectivity index (χ1) is 20.2. The van der Waals surface area contributed by atoms with Gasteiger partial charge in [0, 0.05) is 16.1 Å². The Morgan fingerprint density at radius 3 is 1.69 bits per heavy atom. The van der Waals surface area contributed by atoms with Crippen LogP contribution in [0.1, 0.15) is 38.2 Å². The summed E-state index contributed by atoms with van der Waals surface area (Å²) in [5, 5.41) is 3.01. The summed E-state index contributed by atoms with van der Waals surface area (Å²) in [6.45, 7) is -0.571. The van der Waals surface area contributed by atoms with Crippen molar-refractivity contribution in [2.24, 2.45) is 11.8 Å². The Labute approximate surface area is 256 Å². The lowest BCUT2D eigenvalue weighted by molar-refractivity contribution is -0.142. The van der Waals surface area contributed by atoms with Gasteiger partial charge >= 0.3 is 0 Å². The molecule has 208 valence electrons. The third kappa shape index (κ3) is 3.59. The van der Waals surface area contributed by atoms with Crippen LogP contribution in [0.5, 0.6) is 0 Å². The number of carbonyl (C=O) groups is 4. The molecule has 2 bridgehead atoms. The minimum atomic E-state index is -1.34. The second-order valence-corrected chi connectivity index (χ2v) is 12.3. The molecule has 1 saturated heterocycles. The van der Waals surface area contributed by atoms with Gasteiger partial charge in [-0.2, -0.15) is 0 Å². The Bertz CT molecular complexity index is 1720. The van der Waals surface area contributed by atoms with Gasteiger partial charge in [0.05, 0.1) is 17.5 Å². The van der Waals surface area contributed by atoms with Crippen LogP contribution in [-0.4, -0.2) is 34.9 Å². The van der Waals surface area contributed by atoms with Crippen molar-refractivity contribution >= 4 is 64.0 Å². The summed E-state index contributed by atoms with van der Waals surface area (Å²) in [6.07, 6.45) is 0. The molecule has 0 radical (unpaired) electrons. The minimum Gasteiger partial charge on any atom is -0.324 e. The first-order valence-corrected chi connectivity index (χ1v) is 14.4. The average molecular weight is 616 g/mol. The van der Waals surface area contributed by atoms with Crippen LogP contribution >= 0.6 is 34.8 Å². The predicted octanol–water partition coefficient (Wildman–Crippen LogP) is 6.10. The fourth-order valence-corrected chi connectivity index (χ4v) is 8.04. The summed E-state index contributed by atoms with van der Waals surface area (Å²) in [6, 6.07) is 27.8. The lowest BCUT2D eigenvalue weighted by Gasteiger charge is -2.54. The highest BCUT2D eigenvalue weighted by molar-refractivity contribution is 6.36. The average Bonchev–Trinajstić information content (AvgIpc) is 3.27. The zero-order valence-electron chi connectivity index (χ0n) is 21.8. The Kier molecular flexibility index (Phi) is 6.10. The molecule has 2 atom stereocenters. The van der Waals surface area contributed by atoms with Crippen LogP contribution in [-0.2, 0) is 24.1 Å². The van der Waals surface area contributed by atoms with Crippen molar-refractivity contribution in [1.82, 2.24) is 4.90 Å². The van der Waals surface area contributed by atoms with Crippen molar-refractivity contribution in [2.75, 3.05) is 11.9 Å². The molecule has 6 nitrogen and oxygen atoms in total. The molecule has 0 saturated carbocycles. The number of amides is 3. The lowest BCUT2D eigenvalue weighted by atomic mass is 9.54. The maximum atomic E-state index is 14.0. The van der Waals surface area contributed by atoms with Gasteiger partial charge in [-0.25, -0.2) is 0 Å². The highest BCUT2D eigenvalue weighted by Crippen LogP contribution is 2.69. The van der Waals surface area contributed by atoms with Crippen LogP contribution in [0.3, 0.4) is 0 Å². The van der Waals surface area contributed by atoms with E-state index in [0.717, 1.165) is 4.90 Å². The number of rotatable bonds is 5. The van der Waals surface area contributed by atoms with Gasteiger partial charge in [-0.1, -0.05) is 90.5 Å². The van der Waals surface area contributed by atoms with Gasteiger partial charge in [0.25, 0.3) is 0 Å². The molecule has 0 aromatic heterocycles. The number of likely N-dealkylation sites (tertiary alicyclic amines) is 1. The predicted molar refractivity (Wildman–Crippen MR) is 160 cm³/mol. The molecule has 4 aromatic rings. The Hall–Kier alpha value is -3.97. The summed E-state index contributed by atoms with van der Waals surface area (Å²) in [4.78, 5) is 52.9. The van der Waals surface area contributed by atoms with Crippen molar-refractivity contribution in [3.8, 4) is 0 Å². The molecule has 9 heteroatoms. The molecular formula is C33H21Cl3N2O4. The third-order valence-corrected chi connectivity index (χ3v) is 10.0. The van der Waals surface area contributed by atoms with Gasteiger partial charge in [0.15, 0.2) is 5.78 Å². The summed E-state index contributed by atoms with van der Waals surface area (Å²) >= 11 is 21.0. The maximum Gasteiger partial charge on any atom is 0.244 e.